The Labute approximate surface area is 82.9 Å². The van der Waals surface area contributed by atoms with E-state index in [0.717, 1.165) is 3.92 Å². The predicted molar refractivity (Wildman–Crippen MR) is 57.1 cm³/mol. The topological polar surface area (TPSA) is 12.0 Å². The molecule has 9 heavy (non-hydrogen) atoms. The van der Waals surface area contributed by atoms with E-state index in [0.29, 0.717) is 6.04 Å². The molecular weight excluding hydrogens is 340 g/mol. The normalized spacial score (nSPS) is 29.2. The summed E-state index contributed by atoms with van der Waals surface area (Å²) in [5, 5.41) is 3.39. The highest BCUT2D eigenvalue weighted by molar-refractivity contribution is 14.1. The van der Waals surface area contributed by atoms with Crippen LogP contribution in [0.15, 0.2) is 9.78 Å². The lowest BCUT2D eigenvalue weighted by Gasteiger charge is -2.13. The van der Waals surface area contributed by atoms with Crippen LogP contribution in [0.4, 0.5) is 0 Å². The Kier molecular flexibility index (Phi) is 3.07. The lowest BCUT2D eigenvalue weighted by Crippen LogP contribution is -2.28. The highest BCUT2D eigenvalue weighted by Crippen LogP contribution is 2.20. The van der Waals surface area contributed by atoms with E-state index in [9.17, 15) is 0 Å². The van der Waals surface area contributed by atoms with Crippen molar-refractivity contribution in [3.8, 4) is 0 Å². The van der Waals surface area contributed by atoms with Crippen molar-refractivity contribution < 1.29 is 0 Å². The molecule has 2 atom stereocenters. The van der Waals surface area contributed by atoms with E-state index in [1.54, 1.807) is 0 Å². The average Bonchev–Trinajstić information content (AvgIpc) is 2.14. The van der Waals surface area contributed by atoms with Crippen LogP contribution in [0.5, 0.6) is 0 Å². The summed E-state index contributed by atoms with van der Waals surface area (Å²) in [6.45, 7) is 2.24. The summed E-state index contributed by atoms with van der Waals surface area (Å²) in [6, 6.07) is 0.678. The predicted octanol–water partition coefficient (Wildman–Crippen LogP) is 2.45. The summed E-state index contributed by atoms with van der Waals surface area (Å²) in [5.74, 6) is 0. The zero-order valence-electron chi connectivity index (χ0n) is 5.20. The summed E-state index contributed by atoms with van der Waals surface area (Å²) in [4.78, 5) is 0. The molecule has 1 rings (SSSR count). The van der Waals surface area contributed by atoms with Crippen molar-refractivity contribution in [1.82, 2.24) is 5.32 Å². The van der Waals surface area contributed by atoms with Crippen LogP contribution in [0.1, 0.15) is 13.3 Å². The summed E-state index contributed by atoms with van der Waals surface area (Å²) in [5.41, 5.74) is 0. The Morgan fingerprint density at radius 1 is 1.89 bits per heavy atom. The van der Waals surface area contributed by atoms with E-state index in [-0.39, 0.29) is 0 Å². The fraction of sp³-hybridized carbons (Fsp3) is 0.667. The Balaban J connectivity index is 2.37. The minimum absolute atomic E-state index is 0.678. The molecule has 0 amide bonds. The molecule has 0 saturated heterocycles. The Hall–Kier alpha value is 1.00. The molecule has 1 aliphatic heterocycles. The third kappa shape index (κ3) is 2.25. The van der Waals surface area contributed by atoms with Gasteiger partial charge in [-0.15, -0.1) is 0 Å². The minimum atomic E-state index is 0.678. The smallest absolute Gasteiger partial charge is 0.0694 e. The van der Waals surface area contributed by atoms with Crippen molar-refractivity contribution in [2.24, 2.45) is 0 Å². The highest BCUT2D eigenvalue weighted by Gasteiger charge is 2.17. The molecule has 0 aromatic carbocycles. The Morgan fingerprint density at radius 2 is 2.56 bits per heavy atom. The van der Waals surface area contributed by atoms with Crippen LogP contribution in [-0.2, 0) is 0 Å². The van der Waals surface area contributed by atoms with E-state index in [1.165, 1.54) is 10.1 Å². The molecule has 0 bridgehead atoms. The van der Waals surface area contributed by atoms with Crippen LogP contribution in [0, 0.1) is 0 Å². The summed E-state index contributed by atoms with van der Waals surface area (Å²) in [7, 11) is 0. The van der Waals surface area contributed by atoms with Crippen LogP contribution in [-0.4, -0.2) is 9.97 Å². The zero-order chi connectivity index (χ0) is 6.85. The van der Waals surface area contributed by atoms with E-state index in [1.807, 2.05) is 0 Å². The first-order valence-corrected chi connectivity index (χ1v) is 5.29. The number of rotatable bonds is 1. The molecule has 0 spiro atoms. The van der Waals surface area contributed by atoms with Gasteiger partial charge in [0, 0.05) is 9.97 Å². The van der Waals surface area contributed by atoms with Crippen LogP contribution >= 0.6 is 45.2 Å². The number of hydrogen-bond acceptors (Lipinski definition) is 1. The van der Waals surface area contributed by atoms with Gasteiger partial charge in [0.05, 0.1) is 3.70 Å². The van der Waals surface area contributed by atoms with Crippen molar-refractivity contribution in [3.05, 3.63) is 9.78 Å². The number of nitrogens with one attached hydrogen (secondary N) is 1. The number of halogens is 2. The van der Waals surface area contributed by atoms with Crippen LogP contribution in [0.25, 0.3) is 0 Å². The van der Waals surface area contributed by atoms with Gasteiger partial charge in [-0.3, -0.25) is 0 Å². The molecule has 1 nitrogen and oxygen atoms in total. The van der Waals surface area contributed by atoms with Gasteiger partial charge in [-0.1, -0.05) is 35.6 Å². The largest absolute Gasteiger partial charge is 0.376 e. The van der Waals surface area contributed by atoms with Gasteiger partial charge in [-0.05, 0) is 29.0 Å². The summed E-state index contributed by atoms with van der Waals surface area (Å²) < 4.78 is 2.03. The molecule has 0 radical (unpaired) electrons. The van der Waals surface area contributed by atoms with E-state index in [4.69, 9.17) is 0 Å². The molecule has 1 N–H and O–H groups in total. The van der Waals surface area contributed by atoms with E-state index >= 15 is 0 Å². The lowest BCUT2D eigenvalue weighted by molar-refractivity contribution is 0.633. The van der Waals surface area contributed by atoms with E-state index < -0.39 is 0 Å². The van der Waals surface area contributed by atoms with Gasteiger partial charge in [0.1, 0.15) is 0 Å². The third-order valence-electron chi connectivity index (χ3n) is 1.43. The molecule has 52 valence electrons. The first-order chi connectivity index (χ1) is 4.20. The fourth-order valence-electron chi connectivity index (χ4n) is 0.828. The first kappa shape index (κ1) is 8.10. The standard InChI is InChI=1S/C6H9I2N/c1-4(7)5-2-3-6(8)9-5/h3-5,9H,2H2,1H3. The molecular formula is C6H9I2N. The SMILES string of the molecule is CC(I)C1CC=C(I)N1. The summed E-state index contributed by atoms with van der Waals surface area (Å²) in [6.07, 6.45) is 3.45. The van der Waals surface area contributed by atoms with Crippen molar-refractivity contribution in [2.75, 3.05) is 0 Å². The van der Waals surface area contributed by atoms with Gasteiger partial charge in [0.2, 0.25) is 0 Å². The maximum Gasteiger partial charge on any atom is 0.0694 e. The average molecular weight is 349 g/mol. The van der Waals surface area contributed by atoms with Gasteiger partial charge in [-0.25, -0.2) is 0 Å². The molecule has 1 heterocycles. The van der Waals surface area contributed by atoms with Crippen molar-refractivity contribution in [3.63, 3.8) is 0 Å². The molecule has 3 heteroatoms. The Bertz CT molecular complexity index is 131. The quantitative estimate of drug-likeness (QED) is 0.436. The molecule has 2 unspecified atom stereocenters. The van der Waals surface area contributed by atoms with Gasteiger partial charge in [0.15, 0.2) is 0 Å². The van der Waals surface area contributed by atoms with Gasteiger partial charge >= 0.3 is 0 Å². The minimum Gasteiger partial charge on any atom is -0.376 e. The first-order valence-electron chi connectivity index (χ1n) is 2.96. The van der Waals surface area contributed by atoms with Crippen molar-refractivity contribution >= 4 is 45.2 Å². The van der Waals surface area contributed by atoms with Gasteiger partial charge in [0.25, 0.3) is 0 Å². The number of hydrogen-bond donors (Lipinski definition) is 1. The van der Waals surface area contributed by atoms with Crippen LogP contribution < -0.4 is 5.32 Å². The van der Waals surface area contributed by atoms with Crippen LogP contribution in [0.2, 0.25) is 0 Å². The van der Waals surface area contributed by atoms with Crippen molar-refractivity contribution in [1.29, 1.82) is 0 Å². The van der Waals surface area contributed by atoms with Gasteiger partial charge in [-0.2, -0.15) is 0 Å². The highest BCUT2D eigenvalue weighted by atomic mass is 127. The molecule has 0 aliphatic carbocycles. The van der Waals surface area contributed by atoms with Crippen molar-refractivity contribution in [2.45, 2.75) is 23.3 Å². The fourth-order valence-corrected chi connectivity index (χ4v) is 1.96. The maximum atomic E-state index is 3.39. The molecule has 0 aromatic heterocycles. The molecule has 0 saturated carbocycles. The Morgan fingerprint density at radius 3 is 2.78 bits per heavy atom. The monoisotopic (exact) mass is 349 g/mol. The molecule has 1 aliphatic rings. The van der Waals surface area contributed by atoms with Crippen LogP contribution in [0.3, 0.4) is 0 Å². The second kappa shape index (κ2) is 3.41. The maximum absolute atomic E-state index is 3.39. The molecule has 0 fully saturated rings. The zero-order valence-corrected chi connectivity index (χ0v) is 9.51. The molecule has 0 aromatic rings. The second-order valence-corrected chi connectivity index (χ2v) is 5.34. The summed E-state index contributed by atoms with van der Waals surface area (Å²) >= 11 is 4.78. The van der Waals surface area contributed by atoms with Gasteiger partial charge < -0.3 is 5.32 Å². The second-order valence-electron chi connectivity index (χ2n) is 2.22. The van der Waals surface area contributed by atoms with E-state index in [2.05, 4.69) is 63.5 Å². The number of alkyl halides is 1. The lowest BCUT2D eigenvalue weighted by atomic mass is 10.2. The third-order valence-corrected chi connectivity index (χ3v) is 3.05.